The van der Waals surface area contributed by atoms with E-state index in [0.29, 0.717) is 0 Å². The number of hydrogen-bond acceptors (Lipinski definition) is 3. The lowest BCUT2D eigenvalue weighted by molar-refractivity contribution is -0.525. The Morgan fingerprint density at radius 3 is 2.50 bits per heavy atom. The summed E-state index contributed by atoms with van der Waals surface area (Å²) < 4.78 is 34.2. The van der Waals surface area contributed by atoms with Crippen LogP contribution < -0.4 is 11.2 Å². The van der Waals surface area contributed by atoms with Crippen molar-refractivity contribution in [2.75, 3.05) is 6.54 Å². The van der Waals surface area contributed by atoms with E-state index in [4.69, 9.17) is 0 Å². The molecule has 0 aliphatic rings. The second kappa shape index (κ2) is 3.74. The molecule has 0 saturated heterocycles. The largest absolute Gasteiger partial charge is 0.408 e. The van der Waals surface area contributed by atoms with Crippen molar-refractivity contribution in [2.24, 2.45) is 10.7 Å². The molecule has 12 heavy (non-hydrogen) atoms. The lowest BCUT2D eigenvalue weighted by Gasteiger charge is -2.01. The molecule has 0 bridgehead atoms. The maximum absolute atomic E-state index is 11.4. The number of nitrogens with two attached hydrogens (primary N) is 1. The van der Waals surface area contributed by atoms with Gasteiger partial charge >= 0.3 is 6.18 Å². The van der Waals surface area contributed by atoms with Gasteiger partial charge < -0.3 is 5.73 Å². The predicted molar refractivity (Wildman–Crippen MR) is 32.7 cm³/mol. The highest BCUT2D eigenvalue weighted by Crippen LogP contribution is 2.13. The highest BCUT2D eigenvalue weighted by molar-refractivity contribution is 5.76. The highest BCUT2D eigenvalue weighted by Gasteiger charge is 2.26. The second-order valence-electron chi connectivity index (χ2n) is 1.69. The maximum Gasteiger partial charge on any atom is 0.408 e. The van der Waals surface area contributed by atoms with Gasteiger partial charge in [0.15, 0.2) is 5.03 Å². The zero-order valence-electron chi connectivity index (χ0n) is 5.63. The average Bonchev–Trinajstić information content (AvgIpc) is 1.80. The monoisotopic (exact) mass is 186 g/mol. The molecule has 9 heteroatoms. The summed E-state index contributed by atoms with van der Waals surface area (Å²) in [6.45, 7) is -1.54. The van der Waals surface area contributed by atoms with Crippen molar-refractivity contribution < 1.29 is 18.2 Å². The smallest absolute Gasteiger partial charge is 0.365 e. The van der Waals surface area contributed by atoms with E-state index in [1.54, 1.807) is 0 Å². The van der Waals surface area contributed by atoms with E-state index < -0.39 is 23.7 Å². The normalized spacial score (nSPS) is 12.8. The molecule has 0 saturated carbocycles. The van der Waals surface area contributed by atoms with E-state index in [2.05, 4.69) is 10.7 Å². The number of nitro groups is 1. The Bertz CT molecular complexity index is 200. The number of halogens is 3. The molecule has 0 aromatic rings. The minimum atomic E-state index is -4.51. The second-order valence-corrected chi connectivity index (χ2v) is 1.69. The first-order valence-corrected chi connectivity index (χ1v) is 2.59. The van der Waals surface area contributed by atoms with Gasteiger partial charge in [0.2, 0.25) is 0 Å². The van der Waals surface area contributed by atoms with Crippen molar-refractivity contribution in [3.05, 3.63) is 10.1 Å². The lowest BCUT2D eigenvalue weighted by atomic mass is 10.6. The van der Waals surface area contributed by atoms with E-state index in [1.165, 1.54) is 5.43 Å². The molecular formula is C3H5F3N4O2. The quantitative estimate of drug-likeness (QED) is 0.266. The Morgan fingerprint density at radius 2 is 2.17 bits per heavy atom. The van der Waals surface area contributed by atoms with Crippen molar-refractivity contribution in [1.29, 1.82) is 0 Å². The SMILES string of the molecule is NC(=NCC(F)(F)F)N[N+](=O)[O-]. The summed E-state index contributed by atoms with van der Waals surface area (Å²) in [7, 11) is 0. The number of nitrogens with zero attached hydrogens (tertiary/aromatic N) is 2. The molecule has 3 N–H and O–H groups in total. The summed E-state index contributed by atoms with van der Waals surface area (Å²) in [4.78, 5) is 12.2. The van der Waals surface area contributed by atoms with Gasteiger partial charge in [-0.15, -0.1) is 0 Å². The molecule has 0 atom stereocenters. The number of rotatable bonds is 2. The van der Waals surface area contributed by atoms with Crippen molar-refractivity contribution >= 4 is 5.96 Å². The fourth-order valence-electron chi connectivity index (χ4n) is 0.304. The summed E-state index contributed by atoms with van der Waals surface area (Å²) in [6.07, 6.45) is -4.51. The number of nitrogens with one attached hydrogen (secondary N) is 1. The molecule has 0 spiro atoms. The van der Waals surface area contributed by atoms with Crippen molar-refractivity contribution in [3.8, 4) is 0 Å². The lowest BCUT2D eigenvalue weighted by Crippen LogP contribution is -2.37. The summed E-state index contributed by atoms with van der Waals surface area (Å²) in [6, 6.07) is 0. The van der Waals surface area contributed by atoms with Crippen LogP contribution in [0.5, 0.6) is 0 Å². The molecule has 0 unspecified atom stereocenters. The molecule has 0 rings (SSSR count). The van der Waals surface area contributed by atoms with Crippen LogP contribution in [-0.2, 0) is 0 Å². The van der Waals surface area contributed by atoms with Gasteiger partial charge in [-0.05, 0) is 0 Å². The molecular weight excluding hydrogens is 181 g/mol. The van der Waals surface area contributed by atoms with E-state index in [0.717, 1.165) is 0 Å². The molecule has 0 amide bonds. The van der Waals surface area contributed by atoms with Gasteiger partial charge in [-0.2, -0.15) is 13.2 Å². The highest BCUT2D eigenvalue weighted by atomic mass is 19.4. The first-order valence-electron chi connectivity index (χ1n) is 2.59. The van der Waals surface area contributed by atoms with Gasteiger partial charge in [-0.25, -0.2) is 15.1 Å². The number of hydrogen-bond donors (Lipinski definition) is 2. The van der Waals surface area contributed by atoms with Crippen LogP contribution in [0.3, 0.4) is 0 Å². The van der Waals surface area contributed by atoms with Crippen LogP contribution in [0, 0.1) is 10.1 Å². The van der Waals surface area contributed by atoms with E-state index >= 15 is 0 Å². The number of aliphatic imine (C=N–C) groups is 1. The van der Waals surface area contributed by atoms with E-state index in [-0.39, 0.29) is 0 Å². The Balaban J connectivity index is 3.93. The molecule has 0 aliphatic heterocycles. The summed E-state index contributed by atoms with van der Waals surface area (Å²) in [5.41, 5.74) is 5.94. The van der Waals surface area contributed by atoms with Crippen molar-refractivity contribution in [3.63, 3.8) is 0 Å². The zero-order valence-corrected chi connectivity index (χ0v) is 5.63. The van der Waals surface area contributed by atoms with Gasteiger partial charge in [0.25, 0.3) is 5.96 Å². The average molecular weight is 186 g/mol. The Kier molecular flexibility index (Phi) is 3.26. The van der Waals surface area contributed by atoms with Crippen molar-refractivity contribution in [1.82, 2.24) is 5.43 Å². The molecule has 0 radical (unpaired) electrons. The standard InChI is InChI=1S/C3H5F3N4O2/c4-3(5,6)1-8-2(7)9-10(11)12/h1H2,(H3,7,8,9). The molecule has 0 aromatic heterocycles. The Labute approximate surface area is 64.4 Å². The minimum absolute atomic E-state index is 0.877. The molecule has 0 aliphatic carbocycles. The van der Waals surface area contributed by atoms with Crippen LogP contribution >= 0.6 is 0 Å². The summed E-state index contributed by atoms with van der Waals surface area (Å²) >= 11 is 0. The minimum Gasteiger partial charge on any atom is -0.365 e. The molecule has 0 aromatic carbocycles. The fraction of sp³-hybridized carbons (Fsp3) is 0.667. The van der Waals surface area contributed by atoms with Crippen LogP contribution in [-0.4, -0.2) is 23.7 Å². The predicted octanol–water partition coefficient (Wildman–Crippen LogP) is -0.355. The first-order chi connectivity index (χ1) is 5.31. The van der Waals surface area contributed by atoms with Gasteiger partial charge in [0.1, 0.15) is 6.54 Å². The van der Waals surface area contributed by atoms with Gasteiger partial charge in [-0.3, -0.25) is 0 Å². The number of alkyl halides is 3. The molecule has 6 nitrogen and oxygen atoms in total. The molecule has 0 fully saturated rings. The van der Waals surface area contributed by atoms with E-state index in [1.807, 2.05) is 0 Å². The fourth-order valence-corrected chi connectivity index (χ4v) is 0.304. The number of hydrazine groups is 1. The molecule has 70 valence electrons. The van der Waals surface area contributed by atoms with E-state index in [9.17, 15) is 23.3 Å². The zero-order chi connectivity index (χ0) is 9.78. The summed E-state index contributed by atoms with van der Waals surface area (Å²) in [5.74, 6) is -0.877. The van der Waals surface area contributed by atoms with Crippen LogP contribution in [0.25, 0.3) is 0 Å². The topological polar surface area (TPSA) is 93.5 Å². The van der Waals surface area contributed by atoms with Crippen LogP contribution in [0.15, 0.2) is 4.99 Å². The third-order valence-corrected chi connectivity index (χ3v) is 0.635. The van der Waals surface area contributed by atoms with Gasteiger partial charge in [-0.1, -0.05) is 5.43 Å². The Hall–Kier alpha value is -1.54. The number of guanidine groups is 1. The third-order valence-electron chi connectivity index (χ3n) is 0.635. The van der Waals surface area contributed by atoms with Gasteiger partial charge in [0, 0.05) is 0 Å². The third kappa shape index (κ3) is 6.58. The maximum atomic E-state index is 11.4. The van der Waals surface area contributed by atoms with Crippen molar-refractivity contribution in [2.45, 2.75) is 6.18 Å². The van der Waals surface area contributed by atoms with Crippen LogP contribution in [0.2, 0.25) is 0 Å². The van der Waals surface area contributed by atoms with Crippen LogP contribution in [0.4, 0.5) is 13.2 Å². The summed E-state index contributed by atoms with van der Waals surface area (Å²) in [5, 5.41) is 8.48. The molecule has 0 heterocycles. The van der Waals surface area contributed by atoms with Gasteiger partial charge in [0.05, 0.1) is 0 Å². The Morgan fingerprint density at radius 1 is 1.67 bits per heavy atom. The first kappa shape index (κ1) is 10.5. The van der Waals surface area contributed by atoms with Crippen LogP contribution in [0.1, 0.15) is 0 Å².